The molecule has 0 saturated heterocycles. The van der Waals surface area contributed by atoms with Crippen LogP contribution in [0, 0.1) is 17.0 Å². The minimum Gasteiger partial charge on any atom is -0.335 e. The van der Waals surface area contributed by atoms with Crippen LogP contribution in [0.25, 0.3) is 0 Å². The highest BCUT2D eigenvalue weighted by Gasteiger charge is 2.12. The van der Waals surface area contributed by atoms with Gasteiger partial charge in [-0.3, -0.25) is 10.1 Å². The van der Waals surface area contributed by atoms with Gasteiger partial charge in [0.05, 0.1) is 4.92 Å². The molecule has 0 atom stereocenters. The summed E-state index contributed by atoms with van der Waals surface area (Å²) in [7, 11) is 0. The largest absolute Gasteiger partial charge is 0.335 e. The van der Waals surface area contributed by atoms with E-state index in [2.05, 4.69) is 10.3 Å². The Bertz CT molecular complexity index is 555. The molecule has 0 unspecified atom stereocenters. The molecule has 2 rings (SSSR count). The Morgan fingerprint density at radius 3 is 2.65 bits per heavy atom. The monoisotopic (exact) mass is 229 g/mol. The van der Waals surface area contributed by atoms with Crippen molar-refractivity contribution >= 4 is 17.2 Å². The quantitative estimate of drug-likeness (QED) is 0.648. The van der Waals surface area contributed by atoms with Crippen molar-refractivity contribution in [2.45, 2.75) is 6.92 Å². The van der Waals surface area contributed by atoms with Crippen molar-refractivity contribution in [3.63, 3.8) is 0 Å². The second-order valence-electron chi connectivity index (χ2n) is 3.56. The van der Waals surface area contributed by atoms with Crippen LogP contribution >= 0.6 is 0 Å². The summed E-state index contributed by atoms with van der Waals surface area (Å²) in [5, 5.41) is 13.8. The third-order valence-electron chi connectivity index (χ3n) is 2.25. The lowest BCUT2D eigenvalue weighted by Gasteiger charge is -2.06. The fraction of sp³-hybridized carbons (Fsp3) is 0.0833. The standard InChI is InChI=1S/C12H11N3O2/c1-9-5-4-8-12(13-9)14-10-6-2-3-7-11(10)15(16)17/h2-8H,1H3,(H,13,14). The van der Waals surface area contributed by atoms with Crippen molar-refractivity contribution in [1.29, 1.82) is 0 Å². The van der Waals surface area contributed by atoms with E-state index in [0.29, 0.717) is 11.5 Å². The van der Waals surface area contributed by atoms with Gasteiger partial charge < -0.3 is 5.32 Å². The number of hydrogen-bond acceptors (Lipinski definition) is 4. The van der Waals surface area contributed by atoms with E-state index in [4.69, 9.17) is 0 Å². The van der Waals surface area contributed by atoms with E-state index < -0.39 is 4.92 Å². The molecular weight excluding hydrogens is 218 g/mol. The maximum Gasteiger partial charge on any atom is 0.292 e. The topological polar surface area (TPSA) is 68.1 Å². The number of aromatic nitrogens is 1. The lowest BCUT2D eigenvalue weighted by atomic mass is 10.2. The number of nitro groups is 1. The summed E-state index contributed by atoms with van der Waals surface area (Å²) in [6, 6.07) is 12.0. The third kappa shape index (κ3) is 2.57. The molecule has 5 heteroatoms. The summed E-state index contributed by atoms with van der Waals surface area (Å²) >= 11 is 0. The Kier molecular flexibility index (Phi) is 3.00. The van der Waals surface area contributed by atoms with Crippen molar-refractivity contribution in [3.05, 3.63) is 58.3 Å². The first-order chi connectivity index (χ1) is 8.16. The Morgan fingerprint density at radius 2 is 1.94 bits per heavy atom. The first-order valence-electron chi connectivity index (χ1n) is 5.11. The molecule has 2 aromatic rings. The number of nitrogens with zero attached hydrogens (tertiary/aromatic N) is 2. The molecule has 0 saturated carbocycles. The van der Waals surface area contributed by atoms with Gasteiger partial charge in [0, 0.05) is 11.8 Å². The van der Waals surface area contributed by atoms with Crippen LogP contribution in [-0.4, -0.2) is 9.91 Å². The van der Waals surface area contributed by atoms with Crippen LogP contribution in [0.5, 0.6) is 0 Å². The van der Waals surface area contributed by atoms with E-state index in [-0.39, 0.29) is 5.69 Å². The molecule has 0 aliphatic heterocycles. The smallest absolute Gasteiger partial charge is 0.292 e. The minimum atomic E-state index is -0.419. The third-order valence-corrected chi connectivity index (χ3v) is 2.25. The molecule has 1 aromatic heterocycles. The normalized spacial score (nSPS) is 9.94. The Labute approximate surface area is 98.3 Å². The van der Waals surface area contributed by atoms with Crippen molar-refractivity contribution in [2.24, 2.45) is 0 Å². The molecule has 1 aromatic carbocycles. The molecule has 0 fully saturated rings. The number of hydrogen-bond donors (Lipinski definition) is 1. The van der Waals surface area contributed by atoms with Crippen LogP contribution in [0.4, 0.5) is 17.2 Å². The van der Waals surface area contributed by atoms with Crippen LogP contribution in [0.15, 0.2) is 42.5 Å². The average Bonchev–Trinajstić information content (AvgIpc) is 2.29. The van der Waals surface area contributed by atoms with Gasteiger partial charge in [0.15, 0.2) is 0 Å². The number of pyridine rings is 1. The van der Waals surface area contributed by atoms with Crippen LogP contribution < -0.4 is 5.32 Å². The highest BCUT2D eigenvalue weighted by Crippen LogP contribution is 2.25. The molecule has 1 N–H and O–H groups in total. The number of para-hydroxylation sites is 2. The average molecular weight is 229 g/mol. The summed E-state index contributed by atoms with van der Waals surface area (Å²) in [6.45, 7) is 1.87. The van der Waals surface area contributed by atoms with Gasteiger partial charge in [0.2, 0.25) is 0 Å². The number of rotatable bonds is 3. The number of nitrogens with one attached hydrogen (secondary N) is 1. The van der Waals surface area contributed by atoms with E-state index in [1.807, 2.05) is 19.1 Å². The zero-order valence-corrected chi connectivity index (χ0v) is 9.25. The highest BCUT2D eigenvalue weighted by molar-refractivity contribution is 5.67. The Hall–Kier alpha value is -2.43. The van der Waals surface area contributed by atoms with Gasteiger partial charge in [0.25, 0.3) is 5.69 Å². The first-order valence-corrected chi connectivity index (χ1v) is 5.11. The molecule has 0 radical (unpaired) electrons. The maximum atomic E-state index is 10.8. The lowest BCUT2D eigenvalue weighted by Crippen LogP contribution is -1.98. The van der Waals surface area contributed by atoms with Crippen LogP contribution in [0.1, 0.15) is 5.69 Å². The van der Waals surface area contributed by atoms with E-state index in [1.54, 1.807) is 24.3 Å². The molecule has 0 spiro atoms. The molecule has 0 bridgehead atoms. The van der Waals surface area contributed by atoms with Gasteiger partial charge >= 0.3 is 0 Å². The van der Waals surface area contributed by atoms with Crippen molar-refractivity contribution in [2.75, 3.05) is 5.32 Å². The van der Waals surface area contributed by atoms with E-state index >= 15 is 0 Å². The number of aryl methyl sites for hydroxylation is 1. The summed E-state index contributed by atoms with van der Waals surface area (Å²) in [5.74, 6) is 0.597. The van der Waals surface area contributed by atoms with Gasteiger partial charge in [-0.05, 0) is 25.1 Å². The summed E-state index contributed by atoms with van der Waals surface area (Å²) in [4.78, 5) is 14.6. The summed E-state index contributed by atoms with van der Waals surface area (Å²) < 4.78 is 0. The molecule has 5 nitrogen and oxygen atoms in total. The molecule has 0 aliphatic carbocycles. The van der Waals surface area contributed by atoms with Gasteiger partial charge in [-0.25, -0.2) is 4.98 Å². The molecule has 17 heavy (non-hydrogen) atoms. The fourth-order valence-electron chi connectivity index (χ4n) is 1.49. The molecule has 0 amide bonds. The molecule has 86 valence electrons. The van der Waals surface area contributed by atoms with Crippen LogP contribution in [0.3, 0.4) is 0 Å². The van der Waals surface area contributed by atoms with Gasteiger partial charge in [0.1, 0.15) is 11.5 Å². The Balaban J connectivity index is 2.33. The van der Waals surface area contributed by atoms with Crippen molar-refractivity contribution in [3.8, 4) is 0 Å². The van der Waals surface area contributed by atoms with Crippen molar-refractivity contribution in [1.82, 2.24) is 4.98 Å². The number of nitro benzene ring substituents is 1. The predicted octanol–water partition coefficient (Wildman–Crippen LogP) is 3.04. The number of anilines is 2. The van der Waals surface area contributed by atoms with E-state index in [0.717, 1.165) is 5.69 Å². The number of benzene rings is 1. The second-order valence-corrected chi connectivity index (χ2v) is 3.56. The van der Waals surface area contributed by atoms with Crippen LogP contribution in [0.2, 0.25) is 0 Å². The van der Waals surface area contributed by atoms with Crippen molar-refractivity contribution < 1.29 is 4.92 Å². The predicted molar refractivity (Wildman–Crippen MR) is 65.4 cm³/mol. The molecule has 0 aliphatic rings. The van der Waals surface area contributed by atoms with Crippen LogP contribution in [-0.2, 0) is 0 Å². The van der Waals surface area contributed by atoms with E-state index in [9.17, 15) is 10.1 Å². The fourth-order valence-corrected chi connectivity index (χ4v) is 1.49. The van der Waals surface area contributed by atoms with Gasteiger partial charge in [-0.1, -0.05) is 18.2 Å². The minimum absolute atomic E-state index is 0.0378. The van der Waals surface area contributed by atoms with E-state index in [1.165, 1.54) is 6.07 Å². The summed E-state index contributed by atoms with van der Waals surface area (Å²) in [6.07, 6.45) is 0. The second kappa shape index (κ2) is 4.61. The molecule has 1 heterocycles. The molecular formula is C12H11N3O2. The SMILES string of the molecule is Cc1cccc(Nc2ccccc2[N+](=O)[O-])n1. The Morgan fingerprint density at radius 1 is 1.18 bits per heavy atom. The van der Waals surface area contributed by atoms with Gasteiger partial charge in [-0.2, -0.15) is 0 Å². The zero-order chi connectivity index (χ0) is 12.3. The lowest BCUT2D eigenvalue weighted by molar-refractivity contribution is -0.383. The van der Waals surface area contributed by atoms with Gasteiger partial charge in [-0.15, -0.1) is 0 Å². The highest BCUT2D eigenvalue weighted by atomic mass is 16.6. The maximum absolute atomic E-state index is 10.8. The first kappa shape index (κ1) is 11.1. The summed E-state index contributed by atoms with van der Waals surface area (Å²) in [5.41, 5.74) is 1.33. The zero-order valence-electron chi connectivity index (χ0n) is 9.25.